The molecular formula is C22H25F3N2. The monoisotopic (exact) mass is 374 g/mol. The van der Waals surface area contributed by atoms with Crippen molar-refractivity contribution in [2.24, 2.45) is 5.92 Å². The van der Waals surface area contributed by atoms with Gasteiger partial charge in [-0.3, -0.25) is 4.90 Å². The molecule has 1 N–H and O–H groups in total. The van der Waals surface area contributed by atoms with E-state index in [2.05, 4.69) is 22.3 Å². The zero-order chi connectivity index (χ0) is 18.9. The molecule has 0 spiro atoms. The Hall–Kier alpha value is -1.85. The average Bonchev–Trinajstić information content (AvgIpc) is 2.65. The molecule has 0 aromatic heterocycles. The van der Waals surface area contributed by atoms with Gasteiger partial charge in [0.1, 0.15) is 0 Å². The molecular weight excluding hydrogens is 349 g/mol. The van der Waals surface area contributed by atoms with Crippen LogP contribution in [0.15, 0.2) is 48.5 Å². The summed E-state index contributed by atoms with van der Waals surface area (Å²) in [6, 6.07) is 14.3. The molecule has 2 fully saturated rings. The van der Waals surface area contributed by atoms with Crippen molar-refractivity contribution in [2.75, 3.05) is 26.2 Å². The molecule has 2 aromatic carbocycles. The summed E-state index contributed by atoms with van der Waals surface area (Å²) in [4.78, 5) is 2.59. The molecule has 1 atom stereocenters. The summed E-state index contributed by atoms with van der Waals surface area (Å²) in [5, 5.41) is 3.42. The van der Waals surface area contributed by atoms with Crippen LogP contribution in [0.4, 0.5) is 13.2 Å². The number of hydrogen-bond acceptors (Lipinski definition) is 2. The number of benzene rings is 2. The third-order valence-electron chi connectivity index (χ3n) is 5.94. The van der Waals surface area contributed by atoms with Crippen molar-refractivity contribution in [1.82, 2.24) is 10.2 Å². The SMILES string of the molecule is FC(F)(F)c1ccc(-c2ccc([C@@H](C3CCC3)N3CCNCC3)cc2)cc1. The number of halogens is 3. The van der Waals surface area contributed by atoms with Gasteiger partial charge in [-0.05, 0) is 47.6 Å². The standard InChI is InChI=1S/C22H25F3N2/c23-22(24,25)20-10-8-17(9-11-20)16-4-6-19(7-5-16)21(18-2-1-3-18)27-14-12-26-13-15-27/h4-11,18,21,26H,1-3,12-15H2/t21-/m1/s1. The van der Waals surface area contributed by atoms with Crippen LogP contribution in [0.2, 0.25) is 0 Å². The van der Waals surface area contributed by atoms with Crippen molar-refractivity contribution >= 4 is 0 Å². The first-order valence-electron chi connectivity index (χ1n) is 9.75. The molecule has 0 amide bonds. The fourth-order valence-corrected chi connectivity index (χ4v) is 4.22. The molecule has 1 aliphatic carbocycles. The molecule has 0 unspecified atom stereocenters. The molecule has 2 aliphatic rings. The Balaban J connectivity index is 1.54. The summed E-state index contributed by atoms with van der Waals surface area (Å²) in [5.41, 5.74) is 2.50. The number of rotatable bonds is 4. The predicted molar refractivity (Wildman–Crippen MR) is 101 cm³/mol. The first-order chi connectivity index (χ1) is 13.0. The van der Waals surface area contributed by atoms with Crippen LogP contribution in [0, 0.1) is 5.92 Å². The van der Waals surface area contributed by atoms with Crippen molar-refractivity contribution < 1.29 is 13.2 Å². The van der Waals surface area contributed by atoms with E-state index in [-0.39, 0.29) is 0 Å². The summed E-state index contributed by atoms with van der Waals surface area (Å²) in [7, 11) is 0. The number of piperazine rings is 1. The Kier molecular flexibility index (Phi) is 5.24. The van der Waals surface area contributed by atoms with Gasteiger partial charge in [0.25, 0.3) is 0 Å². The first-order valence-corrected chi connectivity index (χ1v) is 9.75. The molecule has 1 heterocycles. The zero-order valence-electron chi connectivity index (χ0n) is 15.3. The number of nitrogens with one attached hydrogen (secondary N) is 1. The number of hydrogen-bond donors (Lipinski definition) is 1. The normalized spacial score (nSPS) is 20.3. The van der Waals surface area contributed by atoms with E-state index in [1.54, 1.807) is 12.1 Å². The first kappa shape index (κ1) is 18.5. The largest absolute Gasteiger partial charge is 0.416 e. The van der Waals surface area contributed by atoms with Gasteiger partial charge in [-0.25, -0.2) is 0 Å². The van der Waals surface area contributed by atoms with Crippen LogP contribution in [0.1, 0.15) is 36.4 Å². The summed E-state index contributed by atoms with van der Waals surface area (Å²) in [6.45, 7) is 4.21. The lowest BCUT2D eigenvalue weighted by atomic mass is 9.76. The second-order valence-corrected chi connectivity index (χ2v) is 7.62. The predicted octanol–water partition coefficient (Wildman–Crippen LogP) is 5.12. The fourth-order valence-electron chi connectivity index (χ4n) is 4.22. The second kappa shape index (κ2) is 7.64. The lowest BCUT2D eigenvalue weighted by molar-refractivity contribution is -0.137. The number of alkyl halides is 3. The average molecular weight is 374 g/mol. The highest BCUT2D eigenvalue weighted by Crippen LogP contribution is 2.42. The van der Waals surface area contributed by atoms with Gasteiger partial charge < -0.3 is 5.32 Å². The van der Waals surface area contributed by atoms with Crippen molar-refractivity contribution in [3.05, 3.63) is 59.7 Å². The van der Waals surface area contributed by atoms with E-state index in [0.29, 0.717) is 6.04 Å². The van der Waals surface area contributed by atoms with Gasteiger partial charge in [-0.2, -0.15) is 13.2 Å². The zero-order valence-corrected chi connectivity index (χ0v) is 15.3. The topological polar surface area (TPSA) is 15.3 Å². The highest BCUT2D eigenvalue weighted by Gasteiger charge is 2.33. The molecule has 4 rings (SSSR count). The van der Waals surface area contributed by atoms with Gasteiger partial charge in [-0.15, -0.1) is 0 Å². The quantitative estimate of drug-likeness (QED) is 0.799. The third-order valence-corrected chi connectivity index (χ3v) is 5.94. The summed E-state index contributed by atoms with van der Waals surface area (Å²) >= 11 is 0. The van der Waals surface area contributed by atoms with E-state index in [1.807, 2.05) is 12.1 Å². The van der Waals surface area contributed by atoms with Gasteiger partial charge in [0, 0.05) is 32.2 Å². The Morgan fingerprint density at radius 2 is 1.41 bits per heavy atom. The Morgan fingerprint density at radius 3 is 1.89 bits per heavy atom. The van der Waals surface area contributed by atoms with E-state index in [4.69, 9.17) is 0 Å². The molecule has 5 heteroatoms. The van der Waals surface area contributed by atoms with Gasteiger partial charge >= 0.3 is 6.18 Å². The van der Waals surface area contributed by atoms with Crippen LogP contribution in [-0.2, 0) is 6.18 Å². The second-order valence-electron chi connectivity index (χ2n) is 7.62. The molecule has 27 heavy (non-hydrogen) atoms. The van der Waals surface area contributed by atoms with E-state index < -0.39 is 11.7 Å². The maximum atomic E-state index is 12.7. The van der Waals surface area contributed by atoms with Crippen LogP contribution in [0.5, 0.6) is 0 Å². The van der Waals surface area contributed by atoms with Crippen molar-refractivity contribution in [2.45, 2.75) is 31.5 Å². The van der Waals surface area contributed by atoms with Gasteiger partial charge in [0.05, 0.1) is 5.56 Å². The molecule has 2 nitrogen and oxygen atoms in total. The molecule has 2 aromatic rings. The lowest BCUT2D eigenvalue weighted by Gasteiger charge is -2.43. The molecule has 1 saturated heterocycles. The Labute approximate surface area is 158 Å². The van der Waals surface area contributed by atoms with E-state index in [9.17, 15) is 13.2 Å². The van der Waals surface area contributed by atoms with Crippen LogP contribution in [-0.4, -0.2) is 31.1 Å². The lowest BCUT2D eigenvalue weighted by Crippen LogP contribution is -2.47. The molecule has 1 saturated carbocycles. The van der Waals surface area contributed by atoms with E-state index >= 15 is 0 Å². The molecule has 0 radical (unpaired) electrons. The summed E-state index contributed by atoms with van der Waals surface area (Å²) in [5.74, 6) is 0.722. The van der Waals surface area contributed by atoms with Gasteiger partial charge in [0.2, 0.25) is 0 Å². The maximum absolute atomic E-state index is 12.7. The smallest absolute Gasteiger partial charge is 0.314 e. The van der Waals surface area contributed by atoms with E-state index in [0.717, 1.165) is 55.4 Å². The van der Waals surface area contributed by atoms with Crippen LogP contribution in [0.3, 0.4) is 0 Å². The van der Waals surface area contributed by atoms with Crippen molar-refractivity contribution in [3.63, 3.8) is 0 Å². The van der Waals surface area contributed by atoms with Gasteiger partial charge in [0.15, 0.2) is 0 Å². The minimum atomic E-state index is -4.29. The molecule has 144 valence electrons. The summed E-state index contributed by atoms with van der Waals surface area (Å²) < 4.78 is 38.2. The minimum absolute atomic E-state index is 0.461. The summed E-state index contributed by atoms with van der Waals surface area (Å²) in [6.07, 6.45) is -0.400. The fraction of sp³-hybridized carbons (Fsp3) is 0.455. The van der Waals surface area contributed by atoms with Crippen molar-refractivity contribution in [1.29, 1.82) is 0 Å². The Morgan fingerprint density at radius 1 is 0.852 bits per heavy atom. The highest BCUT2D eigenvalue weighted by atomic mass is 19.4. The van der Waals surface area contributed by atoms with Crippen LogP contribution < -0.4 is 5.32 Å². The highest BCUT2D eigenvalue weighted by molar-refractivity contribution is 5.64. The maximum Gasteiger partial charge on any atom is 0.416 e. The van der Waals surface area contributed by atoms with E-state index in [1.165, 1.54) is 24.8 Å². The molecule has 1 aliphatic heterocycles. The van der Waals surface area contributed by atoms with Crippen LogP contribution in [0.25, 0.3) is 11.1 Å². The van der Waals surface area contributed by atoms with Gasteiger partial charge in [-0.1, -0.05) is 42.8 Å². The minimum Gasteiger partial charge on any atom is -0.314 e. The Bertz CT molecular complexity index is 743. The molecule has 0 bridgehead atoms. The third kappa shape index (κ3) is 4.04. The number of nitrogens with zero attached hydrogens (tertiary/aromatic N) is 1. The van der Waals surface area contributed by atoms with Crippen LogP contribution >= 0.6 is 0 Å². The van der Waals surface area contributed by atoms with Crippen molar-refractivity contribution in [3.8, 4) is 11.1 Å².